The summed E-state index contributed by atoms with van der Waals surface area (Å²) in [4.78, 5) is 34.8. The van der Waals surface area contributed by atoms with Crippen LogP contribution in [-0.2, 0) is 13.1 Å². The molecule has 9 nitrogen and oxygen atoms in total. The number of aromatic hydroxyl groups is 1. The van der Waals surface area contributed by atoms with E-state index < -0.39 is 0 Å². The second-order valence-electron chi connectivity index (χ2n) is 10.3. The van der Waals surface area contributed by atoms with E-state index in [9.17, 15) is 14.7 Å². The van der Waals surface area contributed by atoms with Gasteiger partial charge in [0.2, 0.25) is 5.88 Å². The van der Waals surface area contributed by atoms with Crippen LogP contribution in [0, 0.1) is 0 Å². The van der Waals surface area contributed by atoms with Crippen molar-refractivity contribution < 1.29 is 9.90 Å². The lowest BCUT2D eigenvalue weighted by Gasteiger charge is -2.08. The molecule has 5 rings (SSSR count). The van der Waals surface area contributed by atoms with Gasteiger partial charge < -0.3 is 19.6 Å². The van der Waals surface area contributed by atoms with Gasteiger partial charge in [-0.15, -0.1) is 5.11 Å². The number of azo groups is 1. The summed E-state index contributed by atoms with van der Waals surface area (Å²) in [5.74, 6) is -0.251. The Labute approximate surface area is 243 Å². The Hall–Kier alpha value is -5.15. The van der Waals surface area contributed by atoms with Gasteiger partial charge in [0, 0.05) is 36.9 Å². The van der Waals surface area contributed by atoms with E-state index in [2.05, 4.69) is 25.1 Å². The van der Waals surface area contributed by atoms with Crippen LogP contribution in [0.1, 0.15) is 39.9 Å². The predicted molar refractivity (Wildman–Crippen MR) is 165 cm³/mol. The van der Waals surface area contributed by atoms with Gasteiger partial charge in [-0.3, -0.25) is 14.6 Å². The van der Waals surface area contributed by atoms with Gasteiger partial charge in [0.1, 0.15) is 0 Å². The van der Waals surface area contributed by atoms with Gasteiger partial charge >= 0.3 is 0 Å². The molecule has 0 fully saturated rings. The molecule has 2 N–H and O–H groups in total. The summed E-state index contributed by atoms with van der Waals surface area (Å²) in [6.07, 6.45) is 9.57. The van der Waals surface area contributed by atoms with Gasteiger partial charge in [-0.1, -0.05) is 36.4 Å². The van der Waals surface area contributed by atoms with Crippen molar-refractivity contribution in [2.75, 3.05) is 14.1 Å². The van der Waals surface area contributed by atoms with E-state index in [0.29, 0.717) is 24.3 Å². The van der Waals surface area contributed by atoms with E-state index in [-0.39, 0.29) is 29.2 Å². The molecule has 0 spiro atoms. The summed E-state index contributed by atoms with van der Waals surface area (Å²) in [7, 11) is 4.04. The maximum Gasteiger partial charge on any atom is 0.261 e. The number of benzene rings is 2. The first-order valence-corrected chi connectivity index (χ1v) is 13.7. The first-order valence-electron chi connectivity index (χ1n) is 13.7. The number of pyridine rings is 2. The van der Waals surface area contributed by atoms with Crippen LogP contribution in [-0.4, -0.2) is 44.4 Å². The topological polar surface area (TPSA) is 116 Å². The van der Waals surface area contributed by atoms with E-state index in [1.54, 1.807) is 30.7 Å². The Bertz CT molecular complexity index is 1800. The highest BCUT2D eigenvalue weighted by Gasteiger charge is 2.13. The molecule has 0 amide bonds. The molecule has 0 aliphatic carbocycles. The number of hydrogen-bond donors (Lipinski definition) is 2. The number of Topliss-reactive ketones (excluding diaryl/α,β-unsaturated/α-hetero) is 1. The molecule has 3 heterocycles. The number of allylic oxidation sites excluding steroid dienone is 1. The SMILES string of the molecule is CN(C)Cc1ccc(N=Nc2c(O)[nH]c3cc(/C=C/CCC(=O)c4cccn(Cc5cccnc5)c4=O)ccc23)cc1. The summed E-state index contributed by atoms with van der Waals surface area (Å²) in [5, 5.41) is 19.8. The molecule has 0 unspecified atom stereocenters. The summed E-state index contributed by atoms with van der Waals surface area (Å²) >= 11 is 0. The highest BCUT2D eigenvalue weighted by Crippen LogP contribution is 2.36. The van der Waals surface area contributed by atoms with Crippen LogP contribution >= 0.6 is 0 Å². The number of fused-ring (bicyclic) bond motifs is 1. The molecular formula is C33H32N6O3. The molecule has 0 bridgehead atoms. The van der Waals surface area contributed by atoms with Crippen molar-refractivity contribution in [1.29, 1.82) is 0 Å². The number of nitrogens with zero attached hydrogens (tertiary/aromatic N) is 5. The number of rotatable bonds is 11. The maximum absolute atomic E-state index is 12.9. The molecule has 9 heteroatoms. The summed E-state index contributed by atoms with van der Waals surface area (Å²) < 4.78 is 1.52. The predicted octanol–water partition coefficient (Wildman–Crippen LogP) is 6.63. The standard InChI is InChI=1S/C33H32N6O3/c1-38(2)21-24-11-14-26(15-12-24)36-37-31-27-16-13-23(19-29(27)35-32(31)41)7-3-4-10-30(40)28-9-6-18-39(33(28)42)22-25-8-5-17-34-20-25/h3,5-9,11-20,35,41H,4,10,21-22H2,1-2H3/b7-3+,37-36?. The fraction of sp³-hybridized carbons (Fsp3) is 0.182. The van der Waals surface area contributed by atoms with Crippen LogP contribution in [0.3, 0.4) is 0 Å². The van der Waals surface area contributed by atoms with Gasteiger partial charge in [0.05, 0.1) is 23.3 Å². The average molecular weight is 561 g/mol. The number of nitrogens with one attached hydrogen (secondary N) is 1. The number of carbonyl (C=O) groups is 1. The molecule has 42 heavy (non-hydrogen) atoms. The van der Waals surface area contributed by atoms with Gasteiger partial charge in [-0.05, 0) is 79.7 Å². The lowest BCUT2D eigenvalue weighted by molar-refractivity contribution is 0.0981. The van der Waals surface area contributed by atoms with Gasteiger partial charge in [0.15, 0.2) is 11.5 Å². The van der Waals surface area contributed by atoms with Crippen LogP contribution in [0.5, 0.6) is 5.88 Å². The zero-order valence-electron chi connectivity index (χ0n) is 23.6. The minimum atomic E-state index is -0.304. The molecule has 2 aromatic carbocycles. The van der Waals surface area contributed by atoms with E-state index in [1.807, 2.05) is 80.8 Å². The molecule has 3 aromatic heterocycles. The van der Waals surface area contributed by atoms with Crippen LogP contribution in [0.4, 0.5) is 11.4 Å². The van der Waals surface area contributed by atoms with Crippen LogP contribution in [0.2, 0.25) is 0 Å². The molecule has 0 saturated carbocycles. The lowest BCUT2D eigenvalue weighted by atomic mass is 10.1. The molecule has 0 aliphatic heterocycles. The number of aromatic amines is 1. The van der Waals surface area contributed by atoms with Crippen LogP contribution in [0.15, 0.2) is 106 Å². The fourth-order valence-corrected chi connectivity index (χ4v) is 4.66. The number of hydrogen-bond acceptors (Lipinski definition) is 7. The number of carbonyl (C=O) groups excluding carboxylic acids is 1. The molecule has 5 aromatic rings. The molecule has 0 aliphatic rings. The van der Waals surface area contributed by atoms with Crippen molar-refractivity contribution in [2.24, 2.45) is 10.2 Å². The smallest absolute Gasteiger partial charge is 0.261 e. The Morgan fingerprint density at radius 2 is 1.88 bits per heavy atom. The van der Waals surface area contributed by atoms with Gasteiger partial charge in [-0.2, -0.15) is 5.11 Å². The van der Waals surface area contributed by atoms with Crippen molar-refractivity contribution in [1.82, 2.24) is 19.4 Å². The van der Waals surface area contributed by atoms with Crippen LogP contribution in [0.25, 0.3) is 17.0 Å². The first-order chi connectivity index (χ1) is 20.4. The minimum absolute atomic E-state index is 0.0539. The van der Waals surface area contributed by atoms with Crippen molar-refractivity contribution in [2.45, 2.75) is 25.9 Å². The molecular weight excluding hydrogens is 528 g/mol. The van der Waals surface area contributed by atoms with Crippen molar-refractivity contribution in [3.8, 4) is 5.88 Å². The van der Waals surface area contributed by atoms with Gasteiger partial charge in [0.25, 0.3) is 5.56 Å². The third kappa shape index (κ3) is 6.94. The lowest BCUT2D eigenvalue weighted by Crippen LogP contribution is -2.26. The third-order valence-electron chi connectivity index (χ3n) is 6.72. The quantitative estimate of drug-likeness (QED) is 0.139. The summed E-state index contributed by atoms with van der Waals surface area (Å²) in [5.41, 5.74) is 4.64. The maximum atomic E-state index is 12.9. The third-order valence-corrected chi connectivity index (χ3v) is 6.72. The van der Waals surface area contributed by atoms with Crippen LogP contribution < -0.4 is 5.56 Å². The van der Waals surface area contributed by atoms with Crippen molar-refractivity contribution in [3.05, 3.63) is 124 Å². The molecule has 0 saturated heterocycles. The Kier molecular flexibility index (Phi) is 8.79. The Morgan fingerprint density at radius 3 is 2.64 bits per heavy atom. The number of aromatic nitrogens is 3. The zero-order valence-corrected chi connectivity index (χ0v) is 23.6. The number of H-pyrrole nitrogens is 1. The van der Waals surface area contributed by atoms with E-state index in [1.165, 1.54) is 10.1 Å². The Balaban J connectivity index is 1.21. The van der Waals surface area contributed by atoms with E-state index in [0.717, 1.165) is 28.6 Å². The fourth-order valence-electron chi connectivity index (χ4n) is 4.66. The largest absolute Gasteiger partial charge is 0.493 e. The van der Waals surface area contributed by atoms with E-state index >= 15 is 0 Å². The first kappa shape index (κ1) is 28.4. The van der Waals surface area contributed by atoms with Crippen molar-refractivity contribution in [3.63, 3.8) is 0 Å². The molecule has 212 valence electrons. The van der Waals surface area contributed by atoms with Crippen molar-refractivity contribution >= 4 is 34.1 Å². The monoisotopic (exact) mass is 560 g/mol. The summed E-state index contributed by atoms with van der Waals surface area (Å²) in [6.45, 7) is 1.20. The van der Waals surface area contributed by atoms with Gasteiger partial charge in [-0.25, -0.2) is 0 Å². The molecule has 0 radical (unpaired) electrons. The Morgan fingerprint density at radius 1 is 1.05 bits per heavy atom. The molecule has 0 atom stereocenters. The second-order valence-corrected chi connectivity index (χ2v) is 10.3. The zero-order chi connectivity index (χ0) is 29.5. The number of ketones is 1. The summed E-state index contributed by atoms with van der Waals surface area (Å²) in [6, 6.07) is 20.5. The highest BCUT2D eigenvalue weighted by molar-refractivity contribution is 5.96. The second kappa shape index (κ2) is 13.0. The van der Waals surface area contributed by atoms with E-state index in [4.69, 9.17) is 0 Å². The normalized spacial score (nSPS) is 11.8. The minimum Gasteiger partial charge on any atom is -0.493 e. The average Bonchev–Trinajstić information content (AvgIpc) is 3.30. The highest BCUT2D eigenvalue weighted by atomic mass is 16.3.